The maximum absolute atomic E-state index is 13.6. The Hall–Kier alpha value is -3.18. The van der Waals surface area contributed by atoms with Crippen LogP contribution >= 0.6 is 11.6 Å². The van der Waals surface area contributed by atoms with Gasteiger partial charge in [-0.15, -0.1) is 0 Å². The van der Waals surface area contributed by atoms with E-state index in [0.29, 0.717) is 10.9 Å². The smallest absolute Gasteiger partial charge is 0.303 e. The minimum Gasteiger partial charge on any atom is -0.481 e. The van der Waals surface area contributed by atoms with E-state index >= 15 is 0 Å². The minimum absolute atomic E-state index is 0.0198. The fourth-order valence-electron chi connectivity index (χ4n) is 4.86. The highest BCUT2D eigenvalue weighted by atomic mass is 35.5. The third kappa shape index (κ3) is 5.57. The molecule has 1 aromatic heterocycles. The lowest BCUT2D eigenvalue weighted by atomic mass is 9.72. The first-order valence-corrected chi connectivity index (χ1v) is 12.5. The topological polar surface area (TPSA) is 79.3 Å². The van der Waals surface area contributed by atoms with Crippen LogP contribution in [0.15, 0.2) is 54.7 Å². The van der Waals surface area contributed by atoms with E-state index in [0.717, 1.165) is 58.5 Å². The molecule has 182 valence electrons. The van der Waals surface area contributed by atoms with Crippen molar-refractivity contribution in [1.82, 2.24) is 4.98 Å². The first kappa shape index (κ1) is 24.9. The summed E-state index contributed by atoms with van der Waals surface area (Å²) >= 11 is 6.26. The molecule has 1 amide bonds. The lowest BCUT2D eigenvalue weighted by Gasteiger charge is -2.33. The van der Waals surface area contributed by atoms with Crippen LogP contribution in [-0.4, -0.2) is 22.0 Å². The van der Waals surface area contributed by atoms with E-state index in [-0.39, 0.29) is 24.2 Å². The number of halogens is 1. The van der Waals surface area contributed by atoms with Crippen molar-refractivity contribution in [3.63, 3.8) is 0 Å². The zero-order chi connectivity index (χ0) is 25.1. The summed E-state index contributed by atoms with van der Waals surface area (Å²) in [6, 6.07) is 15.7. The van der Waals surface area contributed by atoms with Crippen LogP contribution in [0.25, 0.3) is 11.1 Å². The molecule has 35 heavy (non-hydrogen) atoms. The van der Waals surface area contributed by atoms with Gasteiger partial charge in [0.05, 0.1) is 23.1 Å². The van der Waals surface area contributed by atoms with Crippen LogP contribution in [-0.2, 0) is 9.59 Å². The molecule has 0 saturated heterocycles. The van der Waals surface area contributed by atoms with Crippen LogP contribution < -0.4 is 5.32 Å². The number of aliphatic carboxylic acids is 1. The number of carbonyl (C=O) groups is 2. The van der Waals surface area contributed by atoms with E-state index in [1.54, 1.807) is 0 Å². The summed E-state index contributed by atoms with van der Waals surface area (Å²) in [5, 5.41) is 13.0. The molecule has 5 nitrogen and oxygen atoms in total. The molecule has 1 aliphatic rings. The molecular formula is C29H31ClN2O3. The number of hydrogen-bond donors (Lipinski definition) is 2. The Morgan fingerprint density at radius 3 is 2.43 bits per heavy atom. The molecule has 1 fully saturated rings. The van der Waals surface area contributed by atoms with Crippen LogP contribution in [0, 0.1) is 19.8 Å². The molecule has 1 saturated carbocycles. The highest BCUT2D eigenvalue weighted by Gasteiger charge is 2.34. The summed E-state index contributed by atoms with van der Waals surface area (Å²) in [6.07, 6.45) is 5.07. The largest absolute Gasteiger partial charge is 0.481 e. The van der Waals surface area contributed by atoms with Gasteiger partial charge in [0.15, 0.2) is 0 Å². The number of carboxylic acids is 1. The second-order valence-corrected chi connectivity index (χ2v) is 10.00. The van der Waals surface area contributed by atoms with Crippen molar-refractivity contribution in [2.75, 3.05) is 5.32 Å². The third-order valence-corrected chi connectivity index (χ3v) is 7.56. The Balaban J connectivity index is 1.57. The van der Waals surface area contributed by atoms with Gasteiger partial charge in [0.25, 0.3) is 0 Å². The quantitative estimate of drug-likeness (QED) is 0.352. The van der Waals surface area contributed by atoms with Gasteiger partial charge in [-0.2, -0.15) is 0 Å². The van der Waals surface area contributed by atoms with Gasteiger partial charge in [0, 0.05) is 17.4 Å². The SMILES string of the molecule is Cc1ncc(-c2ccc([C@@H](C(=O)Nc3cccc([C@@H](C)CC(=O)O)c3C)C3CCC3)cc2)cc1Cl. The first-order valence-electron chi connectivity index (χ1n) is 12.1. The van der Waals surface area contributed by atoms with Crippen molar-refractivity contribution in [2.45, 2.75) is 58.3 Å². The number of carboxylic acid groups (broad SMARTS) is 1. The van der Waals surface area contributed by atoms with Crippen molar-refractivity contribution >= 4 is 29.2 Å². The second kappa shape index (κ2) is 10.6. The van der Waals surface area contributed by atoms with Crippen molar-refractivity contribution < 1.29 is 14.7 Å². The van der Waals surface area contributed by atoms with Gasteiger partial charge in [-0.25, -0.2) is 0 Å². The Morgan fingerprint density at radius 1 is 1.11 bits per heavy atom. The Morgan fingerprint density at radius 2 is 1.83 bits per heavy atom. The van der Waals surface area contributed by atoms with Crippen molar-refractivity contribution in [3.05, 3.63) is 82.1 Å². The predicted octanol–water partition coefficient (Wildman–Crippen LogP) is 7.12. The number of aryl methyl sites for hydroxylation is 1. The number of nitrogens with one attached hydrogen (secondary N) is 1. The molecular weight excluding hydrogens is 460 g/mol. The summed E-state index contributed by atoms with van der Waals surface area (Å²) in [6.45, 7) is 5.72. The van der Waals surface area contributed by atoms with E-state index in [1.807, 2.05) is 75.5 Å². The van der Waals surface area contributed by atoms with E-state index in [2.05, 4.69) is 10.3 Å². The first-order chi connectivity index (χ1) is 16.7. The van der Waals surface area contributed by atoms with E-state index in [9.17, 15) is 14.7 Å². The summed E-state index contributed by atoms with van der Waals surface area (Å²) in [5.74, 6) is -0.913. The molecule has 0 spiro atoms. The highest BCUT2D eigenvalue weighted by molar-refractivity contribution is 6.31. The zero-order valence-corrected chi connectivity index (χ0v) is 21.1. The Kier molecular flexibility index (Phi) is 7.56. The number of pyridine rings is 1. The van der Waals surface area contributed by atoms with E-state index in [1.165, 1.54) is 0 Å². The molecule has 2 aromatic carbocycles. The van der Waals surface area contributed by atoms with Gasteiger partial charge < -0.3 is 10.4 Å². The minimum atomic E-state index is -0.830. The lowest BCUT2D eigenvalue weighted by molar-refractivity contribution is -0.137. The summed E-state index contributed by atoms with van der Waals surface area (Å²) in [5.41, 5.74) is 6.35. The van der Waals surface area contributed by atoms with Crippen LogP contribution in [0.3, 0.4) is 0 Å². The monoisotopic (exact) mass is 490 g/mol. The van der Waals surface area contributed by atoms with Gasteiger partial charge in [0.2, 0.25) is 5.91 Å². The zero-order valence-electron chi connectivity index (χ0n) is 20.3. The number of benzene rings is 2. The van der Waals surface area contributed by atoms with Crippen molar-refractivity contribution in [2.24, 2.45) is 5.92 Å². The maximum Gasteiger partial charge on any atom is 0.303 e. The number of carbonyl (C=O) groups excluding carboxylic acids is 1. The Labute approximate surface area is 211 Å². The van der Waals surface area contributed by atoms with Gasteiger partial charge in [0.1, 0.15) is 0 Å². The highest BCUT2D eigenvalue weighted by Crippen LogP contribution is 2.41. The normalized spacial score (nSPS) is 15.2. The standard InChI is InChI=1S/C29H31ClN2O3/c1-17(14-27(33)34)24-8-5-9-26(18(24)2)32-29(35)28(21-6-4-7-21)22-12-10-20(11-13-22)23-15-25(30)19(3)31-16-23/h5,8-13,15-17,21,28H,4,6-7,14H2,1-3H3,(H,32,35)(H,33,34)/t17-,28-/m0/s1. The van der Waals surface area contributed by atoms with Crippen LogP contribution in [0.5, 0.6) is 0 Å². The van der Waals surface area contributed by atoms with E-state index < -0.39 is 5.97 Å². The van der Waals surface area contributed by atoms with Crippen molar-refractivity contribution in [3.8, 4) is 11.1 Å². The lowest BCUT2D eigenvalue weighted by Crippen LogP contribution is -2.31. The fraction of sp³-hybridized carbons (Fsp3) is 0.345. The van der Waals surface area contributed by atoms with Gasteiger partial charge in [-0.3, -0.25) is 14.6 Å². The fourth-order valence-corrected chi connectivity index (χ4v) is 5.03. The molecule has 6 heteroatoms. The molecule has 0 aliphatic heterocycles. The number of amides is 1. The Bertz CT molecular complexity index is 1240. The summed E-state index contributed by atoms with van der Waals surface area (Å²) in [4.78, 5) is 29.1. The van der Waals surface area contributed by atoms with Crippen LogP contribution in [0.4, 0.5) is 5.69 Å². The predicted molar refractivity (Wildman–Crippen MR) is 140 cm³/mol. The maximum atomic E-state index is 13.6. The molecule has 3 aromatic rings. The van der Waals surface area contributed by atoms with Crippen molar-refractivity contribution in [1.29, 1.82) is 0 Å². The number of hydrogen-bond acceptors (Lipinski definition) is 3. The molecule has 2 atom stereocenters. The van der Waals surface area contributed by atoms with E-state index in [4.69, 9.17) is 11.6 Å². The van der Waals surface area contributed by atoms with Crippen LogP contribution in [0.1, 0.15) is 66.8 Å². The average molecular weight is 491 g/mol. The summed E-state index contributed by atoms with van der Waals surface area (Å²) in [7, 11) is 0. The second-order valence-electron chi connectivity index (χ2n) is 9.59. The summed E-state index contributed by atoms with van der Waals surface area (Å²) < 4.78 is 0. The van der Waals surface area contributed by atoms with Gasteiger partial charge in [-0.1, -0.05) is 61.3 Å². The number of anilines is 1. The van der Waals surface area contributed by atoms with Gasteiger partial charge in [-0.05, 0) is 72.9 Å². The average Bonchev–Trinajstić information content (AvgIpc) is 2.79. The molecule has 1 aliphatic carbocycles. The molecule has 1 heterocycles. The molecule has 0 unspecified atom stereocenters. The molecule has 0 bridgehead atoms. The number of nitrogens with zero attached hydrogens (tertiary/aromatic N) is 1. The number of rotatable bonds is 8. The molecule has 2 N–H and O–H groups in total. The number of aromatic nitrogens is 1. The molecule has 4 rings (SSSR count). The third-order valence-electron chi connectivity index (χ3n) is 7.18. The van der Waals surface area contributed by atoms with Gasteiger partial charge >= 0.3 is 5.97 Å². The molecule has 0 radical (unpaired) electrons. The van der Waals surface area contributed by atoms with Crippen LogP contribution in [0.2, 0.25) is 5.02 Å².